The zero-order valence-corrected chi connectivity index (χ0v) is 23.2. The number of hydrogen-bond acceptors (Lipinski definition) is 6. The lowest BCUT2D eigenvalue weighted by Gasteiger charge is -2.31. The zero-order chi connectivity index (χ0) is 26.5. The van der Waals surface area contributed by atoms with Crippen molar-refractivity contribution in [1.29, 1.82) is 0 Å². The molecule has 1 heterocycles. The summed E-state index contributed by atoms with van der Waals surface area (Å²) in [7, 11) is 1.92. The summed E-state index contributed by atoms with van der Waals surface area (Å²) in [6.07, 6.45) is 19.9. The third-order valence-corrected chi connectivity index (χ3v) is 7.87. The van der Waals surface area contributed by atoms with Gasteiger partial charge in [0.2, 0.25) is 5.91 Å². The average molecular weight is 513 g/mol. The standard InChI is InChI=1S/C30H48N4O3/c1-4-24(20-31-3)21-32-23-33-16-14-25(15-17-33)22-37-29-12-10-27(11-13-29)26-6-8-28(9-7-26)30(36)34(5-2)18-19-35/h6,10,12-13,20-21,25,27-28,31,35H,4-5,7-9,11,14-19,22-23H2,1-3H3/b24-20-,32-21-. The van der Waals surface area contributed by atoms with Gasteiger partial charge in [0.1, 0.15) is 5.76 Å². The van der Waals surface area contributed by atoms with Crippen molar-refractivity contribution in [3.05, 3.63) is 47.4 Å². The first-order chi connectivity index (χ1) is 18.1. The number of nitrogens with zero attached hydrogens (tertiary/aromatic N) is 3. The van der Waals surface area contributed by atoms with E-state index in [1.165, 1.54) is 11.1 Å². The largest absolute Gasteiger partial charge is 0.494 e. The normalized spacial score (nSPS) is 23.6. The van der Waals surface area contributed by atoms with Gasteiger partial charge in [-0.2, -0.15) is 0 Å². The third-order valence-electron chi connectivity index (χ3n) is 7.87. The number of allylic oxidation sites excluding steroid dienone is 6. The van der Waals surface area contributed by atoms with Gasteiger partial charge in [-0.25, -0.2) is 0 Å². The third kappa shape index (κ3) is 9.15. The van der Waals surface area contributed by atoms with Gasteiger partial charge in [-0.05, 0) is 75.5 Å². The number of piperidine rings is 1. The highest BCUT2D eigenvalue weighted by atomic mass is 16.5. The van der Waals surface area contributed by atoms with Gasteiger partial charge in [0.15, 0.2) is 0 Å². The molecule has 206 valence electrons. The van der Waals surface area contributed by atoms with E-state index in [9.17, 15) is 9.90 Å². The lowest BCUT2D eigenvalue weighted by Crippen LogP contribution is -2.38. The van der Waals surface area contributed by atoms with Crippen LogP contribution in [0, 0.1) is 17.8 Å². The molecule has 1 aliphatic heterocycles. The van der Waals surface area contributed by atoms with Crippen LogP contribution in [0.25, 0.3) is 0 Å². The monoisotopic (exact) mass is 512 g/mol. The highest BCUT2D eigenvalue weighted by Gasteiger charge is 2.27. The molecule has 0 radical (unpaired) electrons. The van der Waals surface area contributed by atoms with E-state index < -0.39 is 0 Å². The molecule has 7 nitrogen and oxygen atoms in total. The Labute approximate surface area is 224 Å². The number of likely N-dealkylation sites (N-methyl/N-ethyl adjacent to an activating group) is 1. The van der Waals surface area contributed by atoms with Crippen LogP contribution < -0.4 is 5.32 Å². The van der Waals surface area contributed by atoms with Crippen LogP contribution in [0.2, 0.25) is 0 Å². The number of likely N-dealkylation sites (tertiary alicyclic amines) is 1. The van der Waals surface area contributed by atoms with Gasteiger partial charge in [-0.1, -0.05) is 24.6 Å². The number of aliphatic imine (C=N–C) groups is 1. The number of hydrogen-bond donors (Lipinski definition) is 2. The van der Waals surface area contributed by atoms with Crippen molar-refractivity contribution in [1.82, 2.24) is 15.1 Å². The number of amides is 1. The Morgan fingerprint density at radius 1 is 1.24 bits per heavy atom. The topological polar surface area (TPSA) is 77.4 Å². The Morgan fingerprint density at radius 2 is 2.05 bits per heavy atom. The van der Waals surface area contributed by atoms with Crippen molar-refractivity contribution in [3.8, 4) is 0 Å². The molecule has 37 heavy (non-hydrogen) atoms. The lowest BCUT2D eigenvalue weighted by molar-refractivity contribution is -0.136. The van der Waals surface area contributed by atoms with E-state index in [2.05, 4.69) is 46.4 Å². The summed E-state index contributed by atoms with van der Waals surface area (Å²) in [5.74, 6) is 2.26. The second-order valence-corrected chi connectivity index (χ2v) is 10.4. The smallest absolute Gasteiger partial charge is 0.226 e. The minimum absolute atomic E-state index is 0.0283. The van der Waals surface area contributed by atoms with E-state index in [-0.39, 0.29) is 18.4 Å². The van der Waals surface area contributed by atoms with Crippen molar-refractivity contribution in [3.63, 3.8) is 0 Å². The number of carbonyl (C=O) groups is 1. The molecule has 2 unspecified atom stereocenters. The Balaban J connectivity index is 1.35. The highest BCUT2D eigenvalue weighted by molar-refractivity contribution is 5.79. The fourth-order valence-corrected chi connectivity index (χ4v) is 5.40. The molecule has 1 saturated heterocycles. The summed E-state index contributed by atoms with van der Waals surface area (Å²) < 4.78 is 6.18. The molecule has 0 bridgehead atoms. The number of nitrogens with one attached hydrogen (secondary N) is 1. The summed E-state index contributed by atoms with van der Waals surface area (Å²) in [6.45, 7) is 8.96. The first-order valence-corrected chi connectivity index (χ1v) is 14.3. The molecule has 0 aromatic heterocycles. The molecular weight excluding hydrogens is 464 g/mol. The molecule has 2 N–H and O–H groups in total. The molecule has 0 saturated carbocycles. The number of aliphatic hydroxyl groups is 1. The summed E-state index contributed by atoms with van der Waals surface area (Å²) in [5, 5.41) is 12.3. The first kappa shape index (κ1) is 29.2. The molecule has 0 spiro atoms. The summed E-state index contributed by atoms with van der Waals surface area (Å²) in [6, 6.07) is 0. The van der Waals surface area contributed by atoms with Crippen molar-refractivity contribution < 1.29 is 14.6 Å². The van der Waals surface area contributed by atoms with Crippen LogP contribution in [0.4, 0.5) is 0 Å². The molecule has 3 rings (SSSR count). The SMILES string of the molecule is CCC(/C=N\CN1CCC(COC2=CCC(C3=CCC(C(=O)N(CC)CCO)CC3)C=C2)CC1)=C/NC. The van der Waals surface area contributed by atoms with Gasteiger partial charge in [-0.3, -0.25) is 14.7 Å². The van der Waals surface area contributed by atoms with E-state index in [1.807, 2.05) is 26.4 Å². The minimum atomic E-state index is 0.0283. The predicted octanol–water partition coefficient (Wildman–Crippen LogP) is 4.28. The van der Waals surface area contributed by atoms with Crippen molar-refractivity contribution >= 4 is 12.1 Å². The van der Waals surface area contributed by atoms with Gasteiger partial charge in [0.05, 0.1) is 19.9 Å². The fourth-order valence-electron chi connectivity index (χ4n) is 5.40. The quantitative estimate of drug-likeness (QED) is 0.284. The lowest BCUT2D eigenvalue weighted by atomic mass is 9.81. The minimum Gasteiger partial charge on any atom is -0.494 e. The molecule has 3 aliphatic rings. The van der Waals surface area contributed by atoms with E-state index >= 15 is 0 Å². The number of rotatable bonds is 13. The Hall–Kier alpha value is -2.38. The van der Waals surface area contributed by atoms with E-state index in [0.29, 0.717) is 24.9 Å². The zero-order valence-electron chi connectivity index (χ0n) is 23.2. The second kappa shape index (κ2) is 15.8. The van der Waals surface area contributed by atoms with Crippen LogP contribution in [-0.2, 0) is 9.53 Å². The number of carbonyl (C=O) groups excluding carboxylic acids is 1. The van der Waals surface area contributed by atoms with Crippen molar-refractivity contribution in [2.45, 2.75) is 58.8 Å². The van der Waals surface area contributed by atoms with Crippen LogP contribution >= 0.6 is 0 Å². The van der Waals surface area contributed by atoms with Gasteiger partial charge in [-0.15, -0.1) is 0 Å². The predicted molar refractivity (Wildman–Crippen MR) is 151 cm³/mol. The van der Waals surface area contributed by atoms with E-state index in [4.69, 9.17) is 4.74 Å². The summed E-state index contributed by atoms with van der Waals surface area (Å²) in [4.78, 5) is 21.5. The second-order valence-electron chi connectivity index (χ2n) is 10.4. The van der Waals surface area contributed by atoms with Crippen LogP contribution in [0.5, 0.6) is 0 Å². The maximum absolute atomic E-state index is 12.7. The van der Waals surface area contributed by atoms with Crippen LogP contribution in [0.15, 0.2) is 52.4 Å². The molecule has 2 atom stereocenters. The van der Waals surface area contributed by atoms with Crippen LogP contribution in [0.1, 0.15) is 58.8 Å². The molecule has 1 fully saturated rings. The summed E-state index contributed by atoms with van der Waals surface area (Å²) in [5.41, 5.74) is 2.67. The molecule has 0 aromatic rings. The molecule has 2 aliphatic carbocycles. The van der Waals surface area contributed by atoms with Gasteiger partial charge in [0.25, 0.3) is 0 Å². The maximum atomic E-state index is 12.7. The van der Waals surface area contributed by atoms with Gasteiger partial charge >= 0.3 is 0 Å². The highest BCUT2D eigenvalue weighted by Crippen LogP contribution is 2.34. The van der Waals surface area contributed by atoms with Crippen molar-refractivity contribution in [2.75, 3.05) is 53.1 Å². The van der Waals surface area contributed by atoms with E-state index in [1.54, 1.807) is 4.90 Å². The van der Waals surface area contributed by atoms with E-state index in [0.717, 1.165) is 77.1 Å². The Morgan fingerprint density at radius 3 is 2.65 bits per heavy atom. The molecule has 7 heteroatoms. The summed E-state index contributed by atoms with van der Waals surface area (Å²) >= 11 is 0. The molecular formula is C30H48N4O3. The Bertz CT molecular complexity index is 868. The fraction of sp³-hybridized carbons (Fsp3) is 0.667. The first-order valence-electron chi connectivity index (χ1n) is 14.3. The number of ether oxygens (including phenoxy) is 1. The molecule has 0 aromatic carbocycles. The van der Waals surface area contributed by atoms with Gasteiger partial charge < -0.3 is 20.1 Å². The number of aliphatic hydroxyl groups excluding tert-OH is 1. The molecule has 1 amide bonds. The average Bonchev–Trinajstić information content (AvgIpc) is 2.95. The van der Waals surface area contributed by atoms with Crippen LogP contribution in [-0.4, -0.2) is 80.1 Å². The van der Waals surface area contributed by atoms with Crippen LogP contribution in [0.3, 0.4) is 0 Å². The van der Waals surface area contributed by atoms with Crippen molar-refractivity contribution in [2.24, 2.45) is 22.7 Å². The maximum Gasteiger partial charge on any atom is 0.226 e. The van der Waals surface area contributed by atoms with Gasteiger partial charge in [0, 0.05) is 57.5 Å². The Kier molecular flexibility index (Phi) is 12.4.